The smallest absolute Gasteiger partial charge is 0.245 e. The topological polar surface area (TPSA) is 82.4 Å². The summed E-state index contributed by atoms with van der Waals surface area (Å²) >= 11 is 0. The van der Waals surface area contributed by atoms with Crippen LogP contribution in [0.3, 0.4) is 0 Å². The summed E-state index contributed by atoms with van der Waals surface area (Å²) in [5, 5.41) is 26.4. The van der Waals surface area contributed by atoms with E-state index in [-0.39, 0.29) is 24.5 Å². The second kappa shape index (κ2) is 7.17. The highest BCUT2D eigenvalue weighted by Gasteiger charge is 2.44. The van der Waals surface area contributed by atoms with Gasteiger partial charge in [0.05, 0.1) is 7.11 Å². The number of hydrogen-bond donors (Lipinski definition) is 2. The molecule has 0 saturated heterocycles. The van der Waals surface area contributed by atoms with E-state index in [1.54, 1.807) is 56.5 Å². The largest absolute Gasteiger partial charge is 0.508 e. The van der Waals surface area contributed by atoms with Gasteiger partial charge in [0.15, 0.2) is 5.72 Å². The molecule has 0 aliphatic carbocycles. The number of benzene rings is 2. The van der Waals surface area contributed by atoms with Gasteiger partial charge in [-0.15, -0.1) is 0 Å². The average Bonchev–Trinajstić information content (AvgIpc) is 2.96. The molecule has 1 atom stereocenters. The minimum absolute atomic E-state index is 0.132. The van der Waals surface area contributed by atoms with Crippen molar-refractivity contribution in [3.8, 4) is 11.5 Å². The Bertz CT molecular complexity index is 832. The molecule has 1 aliphatic heterocycles. The molecule has 6 heteroatoms. The van der Waals surface area contributed by atoms with Gasteiger partial charge in [-0.05, 0) is 37.1 Å². The van der Waals surface area contributed by atoms with Gasteiger partial charge in [0.2, 0.25) is 5.91 Å². The first kappa shape index (κ1) is 17.9. The molecule has 6 nitrogen and oxygen atoms in total. The maximum atomic E-state index is 12.7. The fourth-order valence-electron chi connectivity index (χ4n) is 3.13. The summed E-state index contributed by atoms with van der Waals surface area (Å²) in [4.78, 5) is 12.7. The maximum absolute atomic E-state index is 12.7. The molecule has 26 heavy (non-hydrogen) atoms. The van der Waals surface area contributed by atoms with Crippen molar-refractivity contribution in [2.45, 2.75) is 31.9 Å². The zero-order chi connectivity index (χ0) is 18.7. The first-order valence-electron chi connectivity index (χ1n) is 8.45. The lowest BCUT2D eigenvalue weighted by atomic mass is 9.97. The van der Waals surface area contributed by atoms with Crippen molar-refractivity contribution in [2.24, 2.45) is 5.10 Å². The molecule has 3 rings (SSSR count). The Kier molecular flexibility index (Phi) is 4.95. The summed E-state index contributed by atoms with van der Waals surface area (Å²) in [5.41, 5.74) is 0.439. The molecule has 0 unspecified atom stereocenters. The number of amides is 1. The molecule has 0 fully saturated rings. The number of hydrazone groups is 1. The number of carbonyl (C=O) groups is 1. The van der Waals surface area contributed by atoms with Gasteiger partial charge >= 0.3 is 0 Å². The van der Waals surface area contributed by atoms with Gasteiger partial charge in [-0.3, -0.25) is 4.79 Å². The van der Waals surface area contributed by atoms with Crippen molar-refractivity contribution in [1.29, 1.82) is 0 Å². The Labute approximate surface area is 152 Å². The van der Waals surface area contributed by atoms with Crippen LogP contribution in [0.4, 0.5) is 0 Å². The highest BCUT2D eigenvalue weighted by Crippen LogP contribution is 2.36. The normalized spacial score (nSPS) is 19.3. The highest BCUT2D eigenvalue weighted by atomic mass is 16.5. The summed E-state index contributed by atoms with van der Waals surface area (Å²) in [6, 6.07) is 13.9. The van der Waals surface area contributed by atoms with Crippen LogP contribution in [0, 0.1) is 0 Å². The van der Waals surface area contributed by atoms with Crippen LogP contribution in [-0.4, -0.2) is 34.0 Å². The fourth-order valence-corrected chi connectivity index (χ4v) is 3.13. The molecule has 2 aromatic carbocycles. The first-order chi connectivity index (χ1) is 12.4. The molecular formula is C20H22N2O4. The lowest BCUT2D eigenvalue weighted by Gasteiger charge is -2.31. The van der Waals surface area contributed by atoms with E-state index in [1.807, 2.05) is 6.07 Å². The quantitative estimate of drug-likeness (QED) is 0.865. The van der Waals surface area contributed by atoms with E-state index < -0.39 is 5.72 Å². The van der Waals surface area contributed by atoms with E-state index in [0.29, 0.717) is 29.0 Å². The summed E-state index contributed by atoms with van der Waals surface area (Å²) in [7, 11) is 1.57. The standard InChI is InChI=1S/C20H22N2O4/c1-14-13-20(25,16-8-10-17(26-2)11-9-16)22(21-14)19(24)12-7-15-5-3-4-6-18(15)23/h3-6,8-11,23,25H,7,12-13H2,1-2H3/t20-/m0/s1. The molecule has 0 spiro atoms. The molecule has 1 aliphatic rings. The van der Waals surface area contributed by atoms with Gasteiger partial charge in [0.1, 0.15) is 11.5 Å². The molecule has 2 N–H and O–H groups in total. The van der Waals surface area contributed by atoms with Gasteiger partial charge in [-0.1, -0.05) is 30.3 Å². The third-order valence-corrected chi connectivity index (χ3v) is 4.51. The third-order valence-electron chi connectivity index (χ3n) is 4.51. The molecule has 0 radical (unpaired) electrons. The first-order valence-corrected chi connectivity index (χ1v) is 8.45. The van der Waals surface area contributed by atoms with Gasteiger partial charge in [0.25, 0.3) is 0 Å². The number of aromatic hydroxyl groups is 1. The van der Waals surface area contributed by atoms with Crippen LogP contribution in [0.15, 0.2) is 53.6 Å². The Morgan fingerprint density at radius 3 is 2.58 bits per heavy atom. The summed E-state index contributed by atoms with van der Waals surface area (Å²) in [6.45, 7) is 1.78. The number of methoxy groups -OCH3 is 1. The van der Waals surface area contributed by atoms with E-state index in [0.717, 1.165) is 5.01 Å². The van der Waals surface area contributed by atoms with Crippen molar-refractivity contribution in [2.75, 3.05) is 7.11 Å². The number of aliphatic hydroxyl groups is 1. The fraction of sp³-hybridized carbons (Fsp3) is 0.300. The predicted octanol–water partition coefficient (Wildman–Crippen LogP) is 2.79. The Morgan fingerprint density at radius 2 is 1.92 bits per heavy atom. The Morgan fingerprint density at radius 1 is 1.23 bits per heavy atom. The van der Waals surface area contributed by atoms with Crippen molar-refractivity contribution in [3.63, 3.8) is 0 Å². The van der Waals surface area contributed by atoms with Gasteiger partial charge in [-0.2, -0.15) is 10.1 Å². The zero-order valence-corrected chi connectivity index (χ0v) is 14.8. The van der Waals surface area contributed by atoms with Crippen molar-refractivity contribution < 1.29 is 19.7 Å². The van der Waals surface area contributed by atoms with Crippen LogP contribution in [0.2, 0.25) is 0 Å². The van der Waals surface area contributed by atoms with Crippen LogP contribution >= 0.6 is 0 Å². The minimum atomic E-state index is -1.51. The van der Waals surface area contributed by atoms with Crippen LogP contribution in [-0.2, 0) is 16.9 Å². The molecule has 0 bridgehead atoms. The Hall–Kier alpha value is -2.86. The summed E-state index contributed by atoms with van der Waals surface area (Å²) in [5.74, 6) is 0.528. The number of ether oxygens (including phenoxy) is 1. The van der Waals surface area contributed by atoms with Crippen molar-refractivity contribution >= 4 is 11.6 Å². The van der Waals surface area contributed by atoms with Crippen LogP contribution in [0.25, 0.3) is 0 Å². The molecule has 1 amide bonds. The number of rotatable bonds is 5. The molecular weight excluding hydrogens is 332 g/mol. The number of nitrogens with zero attached hydrogens (tertiary/aromatic N) is 2. The van der Waals surface area contributed by atoms with Crippen LogP contribution in [0.1, 0.15) is 30.9 Å². The molecule has 1 heterocycles. The number of phenols is 1. The van der Waals surface area contributed by atoms with E-state index in [2.05, 4.69) is 5.10 Å². The monoisotopic (exact) mass is 354 g/mol. The number of hydrogen-bond acceptors (Lipinski definition) is 5. The second-order valence-electron chi connectivity index (χ2n) is 6.39. The van der Waals surface area contributed by atoms with Crippen molar-refractivity contribution in [3.05, 3.63) is 59.7 Å². The zero-order valence-electron chi connectivity index (χ0n) is 14.8. The van der Waals surface area contributed by atoms with E-state index in [1.165, 1.54) is 0 Å². The number of carbonyl (C=O) groups excluding carboxylic acids is 1. The van der Waals surface area contributed by atoms with Gasteiger partial charge < -0.3 is 14.9 Å². The van der Waals surface area contributed by atoms with E-state index >= 15 is 0 Å². The molecule has 136 valence electrons. The van der Waals surface area contributed by atoms with Gasteiger partial charge in [0, 0.05) is 24.1 Å². The SMILES string of the molecule is COc1ccc([C@@]2(O)CC(C)=NN2C(=O)CCc2ccccc2O)cc1. The van der Waals surface area contributed by atoms with E-state index in [9.17, 15) is 15.0 Å². The van der Waals surface area contributed by atoms with Crippen LogP contribution in [0.5, 0.6) is 11.5 Å². The average molecular weight is 354 g/mol. The van der Waals surface area contributed by atoms with Gasteiger partial charge in [-0.25, -0.2) is 0 Å². The minimum Gasteiger partial charge on any atom is -0.508 e. The van der Waals surface area contributed by atoms with Crippen molar-refractivity contribution in [1.82, 2.24) is 5.01 Å². The predicted molar refractivity (Wildman–Crippen MR) is 97.9 cm³/mol. The maximum Gasteiger partial charge on any atom is 0.245 e. The molecule has 2 aromatic rings. The lowest BCUT2D eigenvalue weighted by Crippen LogP contribution is -2.43. The molecule has 0 saturated carbocycles. The highest BCUT2D eigenvalue weighted by molar-refractivity contribution is 5.89. The Balaban J connectivity index is 1.79. The summed E-state index contributed by atoms with van der Waals surface area (Å²) in [6.07, 6.45) is 0.754. The summed E-state index contributed by atoms with van der Waals surface area (Å²) < 4.78 is 5.14. The number of para-hydroxylation sites is 1. The molecule has 0 aromatic heterocycles. The number of aryl methyl sites for hydroxylation is 1. The third kappa shape index (κ3) is 3.41. The second-order valence-corrected chi connectivity index (χ2v) is 6.39. The number of phenolic OH excluding ortho intramolecular Hbond substituents is 1. The lowest BCUT2D eigenvalue weighted by molar-refractivity contribution is -0.157. The van der Waals surface area contributed by atoms with Crippen LogP contribution < -0.4 is 4.74 Å². The van der Waals surface area contributed by atoms with E-state index in [4.69, 9.17) is 4.74 Å².